The zero-order chi connectivity index (χ0) is 18.4. The molecule has 0 saturated carbocycles. The maximum Gasteiger partial charge on any atom is 0.233 e. The summed E-state index contributed by atoms with van der Waals surface area (Å²) in [5.74, 6) is -0.0329. The van der Waals surface area contributed by atoms with Crippen LogP contribution in [0.4, 0.5) is 0 Å². The molecule has 0 aliphatic heterocycles. The highest BCUT2D eigenvalue weighted by Gasteiger charge is 2.20. The SMILES string of the molecule is CC[C@@H](Sc1nnc(-c2ccccc2)c(-c2ccccc2)n1)C(=O)NC. The molecule has 1 atom stereocenters. The van der Waals surface area contributed by atoms with E-state index in [1.807, 2.05) is 67.6 Å². The minimum atomic E-state index is -0.243. The minimum Gasteiger partial charge on any atom is -0.358 e. The second-order valence-corrected chi connectivity index (χ2v) is 6.82. The van der Waals surface area contributed by atoms with Crippen molar-refractivity contribution >= 4 is 17.7 Å². The maximum atomic E-state index is 12.0. The van der Waals surface area contributed by atoms with Gasteiger partial charge < -0.3 is 5.32 Å². The Bertz CT molecular complexity index is 871. The Morgan fingerprint density at radius 1 is 0.962 bits per heavy atom. The van der Waals surface area contributed by atoms with E-state index in [0.29, 0.717) is 11.6 Å². The normalized spacial score (nSPS) is 11.8. The van der Waals surface area contributed by atoms with Crippen molar-refractivity contribution in [1.82, 2.24) is 20.5 Å². The number of nitrogens with zero attached hydrogens (tertiary/aromatic N) is 3. The molecule has 132 valence electrons. The predicted octanol–water partition coefficient (Wildman–Crippen LogP) is 3.82. The lowest BCUT2D eigenvalue weighted by Gasteiger charge is -2.13. The van der Waals surface area contributed by atoms with Gasteiger partial charge in [0.1, 0.15) is 11.4 Å². The number of hydrogen-bond donors (Lipinski definition) is 1. The summed E-state index contributed by atoms with van der Waals surface area (Å²) in [5.41, 5.74) is 3.42. The van der Waals surface area contributed by atoms with Crippen molar-refractivity contribution in [3.8, 4) is 22.5 Å². The van der Waals surface area contributed by atoms with Crippen LogP contribution in [0.5, 0.6) is 0 Å². The summed E-state index contributed by atoms with van der Waals surface area (Å²) in [7, 11) is 1.64. The van der Waals surface area contributed by atoms with Crippen LogP contribution in [0, 0.1) is 0 Å². The number of carbonyl (C=O) groups excluding carboxylic acids is 1. The van der Waals surface area contributed by atoms with Crippen LogP contribution in [0.2, 0.25) is 0 Å². The van der Waals surface area contributed by atoms with Gasteiger partial charge in [-0.2, -0.15) is 0 Å². The third-order valence-corrected chi connectivity index (χ3v) is 5.13. The van der Waals surface area contributed by atoms with Gasteiger partial charge in [-0.15, -0.1) is 10.2 Å². The van der Waals surface area contributed by atoms with E-state index in [-0.39, 0.29) is 11.2 Å². The summed E-state index contributed by atoms with van der Waals surface area (Å²) in [4.78, 5) is 16.7. The highest BCUT2D eigenvalue weighted by molar-refractivity contribution is 8.00. The van der Waals surface area contributed by atoms with Crippen LogP contribution in [-0.2, 0) is 4.79 Å². The number of hydrogen-bond acceptors (Lipinski definition) is 5. The number of nitrogens with one attached hydrogen (secondary N) is 1. The quantitative estimate of drug-likeness (QED) is 0.674. The summed E-state index contributed by atoms with van der Waals surface area (Å²) in [6.45, 7) is 1.97. The molecule has 3 rings (SSSR count). The molecule has 1 amide bonds. The van der Waals surface area contributed by atoms with Crippen molar-refractivity contribution in [3.63, 3.8) is 0 Å². The van der Waals surface area contributed by atoms with Crippen molar-refractivity contribution in [3.05, 3.63) is 60.7 Å². The fourth-order valence-electron chi connectivity index (χ4n) is 2.56. The monoisotopic (exact) mass is 364 g/mol. The molecule has 26 heavy (non-hydrogen) atoms. The average Bonchev–Trinajstić information content (AvgIpc) is 2.72. The first-order valence-corrected chi connectivity index (χ1v) is 9.34. The molecule has 2 aromatic carbocycles. The Morgan fingerprint density at radius 2 is 1.54 bits per heavy atom. The van der Waals surface area contributed by atoms with Crippen LogP contribution in [0.25, 0.3) is 22.5 Å². The van der Waals surface area contributed by atoms with Crippen LogP contribution >= 0.6 is 11.8 Å². The second kappa shape index (κ2) is 8.58. The molecule has 1 aromatic heterocycles. The molecular formula is C20H20N4OS. The van der Waals surface area contributed by atoms with Gasteiger partial charge in [0.2, 0.25) is 11.1 Å². The third kappa shape index (κ3) is 4.08. The Hall–Kier alpha value is -2.73. The van der Waals surface area contributed by atoms with Gasteiger partial charge in [-0.05, 0) is 6.42 Å². The van der Waals surface area contributed by atoms with E-state index < -0.39 is 0 Å². The van der Waals surface area contributed by atoms with E-state index in [0.717, 1.165) is 22.5 Å². The number of rotatable bonds is 6. The van der Waals surface area contributed by atoms with Crippen molar-refractivity contribution in [2.45, 2.75) is 23.8 Å². The fourth-order valence-corrected chi connectivity index (χ4v) is 3.44. The van der Waals surface area contributed by atoms with Gasteiger partial charge >= 0.3 is 0 Å². The number of thioether (sulfide) groups is 1. The lowest BCUT2D eigenvalue weighted by molar-refractivity contribution is -0.120. The molecular weight excluding hydrogens is 344 g/mol. The van der Waals surface area contributed by atoms with Crippen LogP contribution in [0.15, 0.2) is 65.8 Å². The fraction of sp³-hybridized carbons (Fsp3) is 0.200. The summed E-state index contributed by atoms with van der Waals surface area (Å²) in [5, 5.41) is 11.6. The number of benzene rings is 2. The van der Waals surface area contributed by atoms with Gasteiger partial charge in [0.15, 0.2) is 0 Å². The second-order valence-electron chi connectivity index (χ2n) is 5.65. The number of aromatic nitrogens is 3. The van der Waals surface area contributed by atoms with Crippen molar-refractivity contribution < 1.29 is 4.79 Å². The Morgan fingerprint density at radius 3 is 2.08 bits per heavy atom. The molecule has 5 nitrogen and oxygen atoms in total. The van der Waals surface area contributed by atoms with E-state index >= 15 is 0 Å². The van der Waals surface area contributed by atoms with E-state index in [2.05, 4.69) is 15.5 Å². The third-order valence-electron chi connectivity index (χ3n) is 3.92. The maximum absolute atomic E-state index is 12.0. The largest absolute Gasteiger partial charge is 0.358 e. The first kappa shape index (κ1) is 18.1. The van der Waals surface area contributed by atoms with Crippen LogP contribution in [-0.4, -0.2) is 33.4 Å². The zero-order valence-corrected chi connectivity index (χ0v) is 15.5. The molecule has 1 heterocycles. The van der Waals surface area contributed by atoms with Gasteiger partial charge in [0.25, 0.3) is 0 Å². The van der Waals surface area contributed by atoms with Gasteiger partial charge in [-0.25, -0.2) is 4.98 Å². The Kier molecular flexibility index (Phi) is 5.96. The summed E-state index contributed by atoms with van der Waals surface area (Å²) < 4.78 is 0. The van der Waals surface area contributed by atoms with E-state index in [9.17, 15) is 4.79 Å². The molecule has 0 radical (unpaired) electrons. The number of amides is 1. The van der Waals surface area contributed by atoms with E-state index in [1.165, 1.54) is 11.8 Å². The molecule has 0 fully saturated rings. The summed E-state index contributed by atoms with van der Waals surface area (Å²) in [6.07, 6.45) is 0.689. The van der Waals surface area contributed by atoms with Crippen molar-refractivity contribution in [1.29, 1.82) is 0 Å². The molecule has 0 spiro atoms. The zero-order valence-electron chi connectivity index (χ0n) is 14.7. The molecule has 6 heteroatoms. The van der Waals surface area contributed by atoms with Crippen LogP contribution in [0.3, 0.4) is 0 Å². The molecule has 3 aromatic rings. The molecule has 1 N–H and O–H groups in total. The highest BCUT2D eigenvalue weighted by Crippen LogP contribution is 2.31. The van der Waals surface area contributed by atoms with E-state index in [1.54, 1.807) is 7.05 Å². The molecule has 0 aliphatic rings. The molecule has 0 bridgehead atoms. The highest BCUT2D eigenvalue weighted by atomic mass is 32.2. The predicted molar refractivity (Wildman–Crippen MR) is 105 cm³/mol. The smallest absolute Gasteiger partial charge is 0.233 e. The molecule has 0 aliphatic carbocycles. The topological polar surface area (TPSA) is 67.8 Å². The lowest BCUT2D eigenvalue weighted by Crippen LogP contribution is -2.29. The van der Waals surface area contributed by atoms with Crippen molar-refractivity contribution in [2.24, 2.45) is 0 Å². The van der Waals surface area contributed by atoms with E-state index in [4.69, 9.17) is 4.98 Å². The van der Waals surface area contributed by atoms with Gasteiger partial charge in [0, 0.05) is 18.2 Å². The number of carbonyl (C=O) groups is 1. The van der Waals surface area contributed by atoms with Gasteiger partial charge in [-0.1, -0.05) is 79.3 Å². The van der Waals surface area contributed by atoms with Crippen molar-refractivity contribution in [2.75, 3.05) is 7.05 Å². The first-order valence-electron chi connectivity index (χ1n) is 8.46. The molecule has 0 saturated heterocycles. The average molecular weight is 364 g/mol. The minimum absolute atomic E-state index is 0.0329. The summed E-state index contributed by atoms with van der Waals surface area (Å²) >= 11 is 1.34. The van der Waals surface area contributed by atoms with Crippen LogP contribution < -0.4 is 5.32 Å². The standard InChI is InChI=1S/C20H20N4OS/c1-3-16(19(25)21-2)26-20-22-17(14-10-6-4-7-11-14)18(23-24-20)15-12-8-5-9-13-15/h4-13,16H,3H2,1-2H3,(H,21,25)/t16-/m1/s1. The van der Waals surface area contributed by atoms with Crippen LogP contribution in [0.1, 0.15) is 13.3 Å². The molecule has 0 unspecified atom stereocenters. The lowest BCUT2D eigenvalue weighted by atomic mass is 10.0. The Balaban J connectivity index is 2.04. The van der Waals surface area contributed by atoms with Gasteiger partial charge in [-0.3, -0.25) is 4.79 Å². The first-order chi connectivity index (χ1) is 12.7. The van der Waals surface area contributed by atoms with Gasteiger partial charge in [0.05, 0.1) is 5.25 Å². The summed E-state index contributed by atoms with van der Waals surface area (Å²) in [6, 6.07) is 19.8. The Labute approximate surface area is 157 Å².